The fraction of sp³-hybridized carbons (Fsp3) is 0.195. The van der Waals surface area contributed by atoms with Crippen LogP contribution >= 0.6 is 0 Å². The van der Waals surface area contributed by atoms with Crippen LogP contribution in [-0.2, 0) is 21.7 Å². The lowest BCUT2D eigenvalue weighted by Gasteiger charge is -2.28. The molecule has 0 amide bonds. The van der Waals surface area contributed by atoms with Crippen molar-refractivity contribution in [2.45, 2.75) is 105 Å². The minimum Gasteiger partial charge on any atom is -0.458 e. The Balaban J connectivity index is 1.15. The van der Waals surface area contributed by atoms with Gasteiger partial charge in [0.2, 0.25) is 0 Å². The van der Waals surface area contributed by atoms with Crippen LogP contribution in [0.25, 0.3) is 106 Å². The van der Waals surface area contributed by atoms with Gasteiger partial charge in [0.1, 0.15) is 17.3 Å². The number of para-hydroxylation sites is 1. The summed E-state index contributed by atoms with van der Waals surface area (Å²) >= 11 is 0. The van der Waals surface area contributed by atoms with Gasteiger partial charge in [-0.1, -0.05) is 234 Å². The number of fused-ring (bicyclic) bond motifs is 4. The van der Waals surface area contributed by atoms with Crippen molar-refractivity contribution in [3.05, 3.63) is 271 Å². The SMILES string of the molecule is [2H]c1c([2H])c([2H])c(-c2cc(-c3c([2H])c(-c4c([2H])c([2H])c([2H])c([2H])c4[2H])c([2H])c(-c4c([2H])c([2H])c([2H])c([2H])c4[2H])c3[2H])c(-[n+]3[c-]n(-c4cccc(Oc5ccc6c7ccccc7n(-c7cc(C(C)(C)C)ccn7)c6c5)c4)c4cc(-c5cc(C(C)(C)C)cc(C(C)(C)C)c5)ccc43)c(C(C)(C)C)c2)c([2H])c1[2H]. The van der Waals surface area contributed by atoms with Gasteiger partial charge in [0, 0.05) is 23.0 Å². The van der Waals surface area contributed by atoms with Gasteiger partial charge in [-0.3, -0.25) is 13.7 Å². The molecule has 5 nitrogen and oxygen atoms in total. The summed E-state index contributed by atoms with van der Waals surface area (Å²) in [6.45, 7) is 25.1. The molecule has 0 radical (unpaired) electrons. The van der Waals surface area contributed by atoms with E-state index in [2.05, 4.69) is 110 Å². The second-order valence-corrected chi connectivity index (χ2v) is 26.2. The molecule has 0 saturated heterocycles. The van der Waals surface area contributed by atoms with Crippen LogP contribution in [-0.4, -0.2) is 14.1 Å². The van der Waals surface area contributed by atoms with Crippen molar-refractivity contribution in [3.8, 4) is 84.3 Å². The zero-order valence-electron chi connectivity index (χ0n) is 68.9. The first-order valence-electron chi connectivity index (χ1n) is 38.1. The highest BCUT2D eigenvalue weighted by molar-refractivity contribution is 6.09. The molecule has 5 heteroatoms. The Morgan fingerprint density at radius 2 is 1.00 bits per heavy atom. The molecule has 3 aromatic heterocycles. The molecular weight excluding hydrogens is 1060 g/mol. The lowest BCUT2D eigenvalue weighted by atomic mass is 9.79. The van der Waals surface area contributed by atoms with Crippen molar-refractivity contribution in [1.29, 1.82) is 0 Å². The molecule has 430 valence electrons. The second-order valence-electron chi connectivity index (χ2n) is 26.2. The van der Waals surface area contributed by atoms with E-state index in [0.717, 1.165) is 55.4 Å². The standard InChI is InChI=1S/C82H76N4O/c1-79(2,3)63-39-40-83-77(50-63)86-73-34-23-22-33-69(73)70-37-36-68(52-75(70)86)87-67-32-24-31-66(51-67)84-53-85(74-38-35-57(48-76(74)84)60-44-64(80(4,5)6)49-65(45-60)81(7,8)9)78-71(46-61(47-72(78)82(10,11)12)56-29-20-15-21-30-56)62-42-58(54-25-16-13-17-26-54)41-59(43-62)55-27-18-14-19-28-55/h13-52H,1-12H3/i13D,14D,15D,16D,17D,18D,19D,20D,21D,25D,26D,27D,28D,29D,30D,41D,42D,43D. The number of pyridine rings is 1. The minimum absolute atomic E-state index is 0.00348. The first-order chi connectivity index (χ1) is 49.1. The molecular formula is C82H76N4O. The Labute approximate surface area is 539 Å². The number of ether oxygens (including phenoxy) is 1. The van der Waals surface area contributed by atoms with Crippen LogP contribution in [0, 0.1) is 6.33 Å². The van der Waals surface area contributed by atoms with Gasteiger partial charge in [0.15, 0.2) is 0 Å². The van der Waals surface area contributed by atoms with E-state index in [1.165, 1.54) is 6.07 Å². The second kappa shape index (κ2) is 21.7. The number of nitrogens with zero attached hydrogens (tertiary/aromatic N) is 4. The van der Waals surface area contributed by atoms with Crippen molar-refractivity contribution in [1.82, 2.24) is 14.1 Å². The van der Waals surface area contributed by atoms with Gasteiger partial charge in [0.05, 0.1) is 58.1 Å². The molecule has 0 unspecified atom stereocenters. The van der Waals surface area contributed by atoms with E-state index in [1.54, 1.807) is 10.6 Å². The molecule has 0 fully saturated rings. The largest absolute Gasteiger partial charge is 0.458 e. The summed E-state index contributed by atoms with van der Waals surface area (Å²) in [5.74, 6) is 1.69. The van der Waals surface area contributed by atoms with Gasteiger partial charge in [-0.25, -0.2) is 4.98 Å². The molecule has 0 aliphatic rings. The van der Waals surface area contributed by atoms with E-state index in [1.807, 2.05) is 110 Å². The van der Waals surface area contributed by atoms with Crippen LogP contribution < -0.4 is 9.30 Å². The van der Waals surface area contributed by atoms with E-state index >= 15 is 0 Å². The normalized spacial score (nSPS) is 15.3. The van der Waals surface area contributed by atoms with Gasteiger partial charge < -0.3 is 4.74 Å². The van der Waals surface area contributed by atoms with E-state index in [-0.39, 0.29) is 38.6 Å². The Kier molecular flexibility index (Phi) is 9.79. The van der Waals surface area contributed by atoms with Crippen molar-refractivity contribution >= 4 is 32.8 Å². The molecule has 0 atom stereocenters. The van der Waals surface area contributed by atoms with Crippen LogP contribution in [0.3, 0.4) is 0 Å². The summed E-state index contributed by atoms with van der Waals surface area (Å²) < 4.78 is 179. The van der Waals surface area contributed by atoms with E-state index in [9.17, 15) is 12.3 Å². The topological polar surface area (TPSA) is 35.9 Å². The maximum absolute atomic E-state index is 10.6. The van der Waals surface area contributed by atoms with Gasteiger partial charge in [-0.05, 0) is 178 Å². The first kappa shape index (κ1) is 39.2. The van der Waals surface area contributed by atoms with E-state index in [4.69, 9.17) is 22.1 Å². The van der Waals surface area contributed by atoms with Crippen LogP contribution in [0.2, 0.25) is 0 Å². The molecule has 10 aromatic carbocycles. The van der Waals surface area contributed by atoms with Crippen molar-refractivity contribution < 1.29 is 34.0 Å². The summed E-state index contributed by atoms with van der Waals surface area (Å²) in [4.78, 5) is 4.90. The van der Waals surface area contributed by atoms with Crippen LogP contribution in [0.5, 0.6) is 11.5 Å². The average Bonchev–Trinajstić information content (AvgIpc) is 1.60. The zero-order valence-corrected chi connectivity index (χ0v) is 50.9. The molecule has 0 aliphatic heterocycles. The number of aromatic nitrogens is 4. The minimum atomic E-state index is -1.06. The third-order valence-electron chi connectivity index (χ3n) is 15.9. The number of hydrogen-bond donors (Lipinski definition) is 0. The lowest BCUT2D eigenvalue weighted by molar-refractivity contribution is -0.572. The summed E-state index contributed by atoms with van der Waals surface area (Å²) in [6, 6.07) is 27.4. The van der Waals surface area contributed by atoms with Gasteiger partial charge in [0.25, 0.3) is 6.33 Å². The quantitative estimate of drug-likeness (QED) is 0.101. The molecule has 13 rings (SSSR count). The van der Waals surface area contributed by atoms with E-state index < -0.39 is 142 Å². The van der Waals surface area contributed by atoms with Crippen molar-refractivity contribution in [2.75, 3.05) is 0 Å². The van der Waals surface area contributed by atoms with E-state index in [0.29, 0.717) is 33.8 Å². The van der Waals surface area contributed by atoms with Crippen molar-refractivity contribution in [3.63, 3.8) is 0 Å². The third kappa shape index (κ3) is 11.1. The first-order valence-corrected chi connectivity index (χ1v) is 29.1. The van der Waals surface area contributed by atoms with Gasteiger partial charge >= 0.3 is 0 Å². The molecule has 13 aromatic rings. The summed E-state index contributed by atoms with van der Waals surface area (Å²) in [6.07, 6.45) is 5.51. The fourth-order valence-corrected chi connectivity index (χ4v) is 11.2. The molecule has 0 bridgehead atoms. The van der Waals surface area contributed by atoms with Gasteiger partial charge in [-0.15, -0.1) is 0 Å². The summed E-state index contributed by atoms with van der Waals surface area (Å²) in [5.41, 5.74) is 3.67. The van der Waals surface area contributed by atoms with Crippen LogP contribution in [0.1, 0.15) is 130 Å². The predicted molar refractivity (Wildman–Crippen MR) is 364 cm³/mol. The molecule has 0 aliphatic carbocycles. The van der Waals surface area contributed by atoms with Crippen molar-refractivity contribution in [2.24, 2.45) is 0 Å². The number of benzene rings is 10. The maximum Gasteiger partial charge on any atom is 0.269 e. The average molecular weight is 1150 g/mol. The third-order valence-corrected chi connectivity index (χ3v) is 15.9. The fourth-order valence-electron chi connectivity index (χ4n) is 11.2. The Bertz CT molecular complexity index is 5650. The Morgan fingerprint density at radius 1 is 0.425 bits per heavy atom. The Morgan fingerprint density at radius 3 is 1.62 bits per heavy atom. The highest BCUT2D eigenvalue weighted by Crippen LogP contribution is 2.44. The van der Waals surface area contributed by atoms with Crippen LogP contribution in [0.4, 0.5) is 0 Å². The highest BCUT2D eigenvalue weighted by Gasteiger charge is 2.29. The predicted octanol–water partition coefficient (Wildman–Crippen LogP) is 21.5. The monoisotopic (exact) mass is 1150 g/mol. The number of imidazole rings is 1. The molecule has 0 saturated carbocycles. The van der Waals surface area contributed by atoms with Crippen LogP contribution in [0.15, 0.2) is 242 Å². The van der Waals surface area contributed by atoms with Gasteiger partial charge in [-0.2, -0.15) is 0 Å². The lowest BCUT2D eigenvalue weighted by Crippen LogP contribution is -2.34. The maximum atomic E-state index is 10.6. The Hall–Kier alpha value is -9.58. The number of hydrogen-bond acceptors (Lipinski definition) is 2. The molecule has 87 heavy (non-hydrogen) atoms. The summed E-state index contributed by atoms with van der Waals surface area (Å²) in [7, 11) is 0. The molecule has 0 N–H and O–H groups in total. The smallest absolute Gasteiger partial charge is 0.269 e. The molecule has 0 spiro atoms. The highest BCUT2D eigenvalue weighted by atomic mass is 16.5. The summed E-state index contributed by atoms with van der Waals surface area (Å²) in [5, 5.41) is 2.02. The molecule has 3 heterocycles. The zero-order chi connectivity index (χ0) is 76.2. The number of rotatable bonds is 10.